The molecule has 9 N–H and O–H groups in total. The first-order valence-corrected chi connectivity index (χ1v) is 38.5. The maximum Gasteiger partial charge on any atom is 0.220 e. The van der Waals surface area contributed by atoms with Crippen LogP contribution in [-0.4, -0.2) is 140 Å². The molecule has 0 aliphatic carbocycles. The van der Waals surface area contributed by atoms with Crippen LogP contribution in [0, 0.1) is 0 Å². The summed E-state index contributed by atoms with van der Waals surface area (Å²) in [4.78, 5) is 13.4. The van der Waals surface area contributed by atoms with Gasteiger partial charge in [0.05, 0.1) is 32.0 Å². The molecule has 2 saturated heterocycles. The first-order valence-electron chi connectivity index (χ1n) is 38.5. The van der Waals surface area contributed by atoms with Gasteiger partial charge in [0.15, 0.2) is 12.6 Å². The van der Waals surface area contributed by atoms with E-state index in [0.29, 0.717) is 12.8 Å². The molecule has 2 heterocycles. The van der Waals surface area contributed by atoms with Gasteiger partial charge in [-0.2, -0.15) is 0 Å². The number of aliphatic hydroxyl groups excluding tert-OH is 8. The van der Waals surface area contributed by atoms with Crippen molar-refractivity contribution in [3.05, 3.63) is 97.2 Å². The number of unbranched alkanes of at least 4 members (excludes halogenated alkanes) is 36. The summed E-state index contributed by atoms with van der Waals surface area (Å²) >= 11 is 0. The Morgan fingerprint density at radius 3 is 1.17 bits per heavy atom. The minimum absolute atomic E-state index is 0.257. The maximum atomic E-state index is 13.4. The average molecular weight is 1330 g/mol. The number of allylic oxidation sites excluding steroid dienone is 15. The van der Waals surface area contributed by atoms with Crippen LogP contribution in [-0.2, 0) is 23.7 Å². The van der Waals surface area contributed by atoms with Gasteiger partial charge in [-0.25, -0.2) is 0 Å². The highest BCUT2D eigenvalue weighted by Gasteiger charge is 2.51. The van der Waals surface area contributed by atoms with Gasteiger partial charge in [0, 0.05) is 6.42 Å². The van der Waals surface area contributed by atoms with Crippen molar-refractivity contribution in [3.63, 3.8) is 0 Å². The zero-order chi connectivity index (χ0) is 68.0. The predicted octanol–water partition coefficient (Wildman–Crippen LogP) is 16.9. The highest BCUT2D eigenvalue weighted by molar-refractivity contribution is 5.76. The zero-order valence-corrected chi connectivity index (χ0v) is 59.4. The number of aliphatic hydroxyl groups is 8. The number of hydrogen-bond donors (Lipinski definition) is 9. The van der Waals surface area contributed by atoms with Gasteiger partial charge in [-0.3, -0.25) is 4.79 Å². The van der Waals surface area contributed by atoms with Gasteiger partial charge in [0.25, 0.3) is 0 Å². The lowest BCUT2D eigenvalue weighted by Crippen LogP contribution is -2.65. The molecule has 2 rings (SSSR count). The highest BCUT2D eigenvalue weighted by atomic mass is 16.7. The Bertz CT molecular complexity index is 1950. The molecule has 14 heteroatoms. The van der Waals surface area contributed by atoms with Crippen molar-refractivity contribution in [2.75, 3.05) is 19.8 Å². The van der Waals surface area contributed by atoms with Crippen molar-refractivity contribution >= 4 is 5.91 Å². The second-order valence-corrected chi connectivity index (χ2v) is 26.7. The third-order valence-electron chi connectivity index (χ3n) is 18.2. The molecule has 2 aliphatic rings. The second-order valence-electron chi connectivity index (χ2n) is 26.7. The first kappa shape index (κ1) is 87.0. The number of hydrogen-bond acceptors (Lipinski definition) is 13. The molecule has 14 nitrogen and oxygen atoms in total. The molecular weight excluding hydrogens is 1180 g/mol. The number of nitrogens with one attached hydrogen (secondary N) is 1. The lowest BCUT2D eigenvalue weighted by Gasteiger charge is -2.46. The molecule has 0 aromatic carbocycles. The van der Waals surface area contributed by atoms with Gasteiger partial charge >= 0.3 is 0 Å². The van der Waals surface area contributed by atoms with E-state index in [1.54, 1.807) is 6.08 Å². The van der Waals surface area contributed by atoms with E-state index < -0.39 is 86.8 Å². The minimum atomic E-state index is -1.80. The summed E-state index contributed by atoms with van der Waals surface area (Å²) in [5.41, 5.74) is 0. The SMILES string of the molecule is CC/C=C\C/C=C\C/C=C\C/C=C\C/C=C\CCCCCCCCCCCCCC(=O)NC(COC1OC(CO)C(OC2OC(CO)C(O)C(O)C2O)C(O)C1O)C(O)/C=C/CC/C=C/CC/C=C/CCCCCCCCCCCCCCCCCCCCCCCCC. The number of carbonyl (C=O) groups is 1. The van der Waals surface area contributed by atoms with Gasteiger partial charge in [-0.15, -0.1) is 0 Å². The lowest BCUT2D eigenvalue weighted by atomic mass is 9.97. The van der Waals surface area contributed by atoms with Crippen molar-refractivity contribution in [2.45, 2.75) is 383 Å². The summed E-state index contributed by atoms with van der Waals surface area (Å²) in [6.07, 6.45) is 73.4. The topological polar surface area (TPSA) is 228 Å². The average Bonchev–Trinajstić information content (AvgIpc) is 0.794. The summed E-state index contributed by atoms with van der Waals surface area (Å²) in [5, 5.41) is 87.6. The van der Waals surface area contributed by atoms with Crippen LogP contribution in [0.25, 0.3) is 0 Å². The number of amides is 1. The lowest BCUT2D eigenvalue weighted by molar-refractivity contribution is -0.359. The van der Waals surface area contributed by atoms with E-state index in [-0.39, 0.29) is 18.9 Å². The van der Waals surface area contributed by atoms with Gasteiger partial charge in [-0.1, -0.05) is 310 Å². The molecule has 0 radical (unpaired) electrons. The molecule has 1 amide bonds. The van der Waals surface area contributed by atoms with E-state index in [0.717, 1.165) is 83.5 Å². The quantitative estimate of drug-likeness (QED) is 0.0204. The molecule has 544 valence electrons. The van der Waals surface area contributed by atoms with E-state index in [1.807, 2.05) is 6.08 Å². The molecule has 0 bridgehead atoms. The van der Waals surface area contributed by atoms with Gasteiger partial charge < -0.3 is 65.1 Å². The molecule has 12 unspecified atom stereocenters. The van der Waals surface area contributed by atoms with Crippen LogP contribution in [0.15, 0.2) is 97.2 Å². The van der Waals surface area contributed by atoms with Crippen LogP contribution in [0.1, 0.15) is 309 Å². The van der Waals surface area contributed by atoms with E-state index in [1.165, 1.54) is 193 Å². The Morgan fingerprint density at radius 1 is 0.394 bits per heavy atom. The molecule has 0 aromatic rings. The number of rotatable bonds is 63. The Morgan fingerprint density at radius 2 is 0.745 bits per heavy atom. The second kappa shape index (κ2) is 63.4. The van der Waals surface area contributed by atoms with E-state index >= 15 is 0 Å². The standard InChI is InChI=1S/C80H141NO13/c1-3-5-7-9-11-13-15-17-19-21-23-25-27-29-31-32-33-34-35-36-38-39-41-43-45-47-49-51-53-55-57-59-61-63-69(84)68(67-91-79-77(90)75(88)78(71(66-83)93-79)94-80-76(89)74(87)73(86)70(65-82)92-80)81-72(85)64-62-60-58-56-54-52-50-48-46-44-42-40-37-30-28-26-24-22-20-18-16-14-12-10-8-6-4-2/h6,8,12,14,18,20,24,26,30,37,45,47,53,55,61,63,68-71,73-80,82-84,86-90H,3-5,7,9-11,13,15-17,19,21-23,25,27-29,31-36,38-44,46,48-52,54,56-60,62,64-67H2,1-2H3,(H,81,85)/b8-6-,14-12-,20-18-,26-24-,37-30-,47-45+,55-53+,63-61+. The van der Waals surface area contributed by atoms with Crippen LogP contribution in [0.5, 0.6) is 0 Å². The number of ether oxygens (including phenoxy) is 4. The van der Waals surface area contributed by atoms with E-state index in [9.17, 15) is 45.6 Å². The van der Waals surface area contributed by atoms with Crippen molar-refractivity contribution in [1.29, 1.82) is 0 Å². The third kappa shape index (κ3) is 46.2. The molecule has 12 atom stereocenters. The first-order chi connectivity index (χ1) is 46.1. The fourth-order valence-corrected chi connectivity index (χ4v) is 12.2. The highest BCUT2D eigenvalue weighted by Crippen LogP contribution is 2.30. The molecule has 0 saturated carbocycles. The van der Waals surface area contributed by atoms with Crippen molar-refractivity contribution in [1.82, 2.24) is 5.32 Å². The Balaban J connectivity index is 1.67. The summed E-state index contributed by atoms with van der Waals surface area (Å²) in [5.74, 6) is -0.257. The van der Waals surface area contributed by atoms with Crippen LogP contribution in [0.3, 0.4) is 0 Å². The Labute approximate surface area is 573 Å². The van der Waals surface area contributed by atoms with Crippen molar-refractivity contribution < 1.29 is 64.6 Å². The largest absolute Gasteiger partial charge is 0.394 e. The molecule has 94 heavy (non-hydrogen) atoms. The molecular formula is C80H141NO13. The van der Waals surface area contributed by atoms with Crippen LogP contribution >= 0.6 is 0 Å². The molecule has 0 spiro atoms. The maximum absolute atomic E-state index is 13.4. The summed E-state index contributed by atoms with van der Waals surface area (Å²) in [6, 6.07) is -0.948. The summed E-state index contributed by atoms with van der Waals surface area (Å²) in [6.45, 7) is 2.69. The van der Waals surface area contributed by atoms with Crippen molar-refractivity contribution in [2.24, 2.45) is 0 Å². The fourth-order valence-electron chi connectivity index (χ4n) is 12.2. The summed E-state index contributed by atoms with van der Waals surface area (Å²) in [7, 11) is 0. The van der Waals surface area contributed by atoms with Gasteiger partial charge in [0.1, 0.15) is 48.8 Å². The fraction of sp³-hybridized carbons (Fsp3) is 0.787. The molecule has 0 aromatic heterocycles. The van der Waals surface area contributed by atoms with Gasteiger partial charge in [-0.05, 0) is 89.9 Å². The molecule has 2 aliphatic heterocycles. The van der Waals surface area contributed by atoms with Crippen molar-refractivity contribution in [3.8, 4) is 0 Å². The smallest absolute Gasteiger partial charge is 0.220 e. The Kier molecular flexibility index (Phi) is 58.6. The van der Waals surface area contributed by atoms with Crippen LogP contribution < -0.4 is 5.32 Å². The van der Waals surface area contributed by atoms with Crippen LogP contribution in [0.4, 0.5) is 0 Å². The van der Waals surface area contributed by atoms with E-state index in [4.69, 9.17) is 18.9 Å². The number of carbonyl (C=O) groups excluding carboxylic acids is 1. The van der Waals surface area contributed by atoms with E-state index in [2.05, 4.69) is 104 Å². The van der Waals surface area contributed by atoms with Crippen LogP contribution in [0.2, 0.25) is 0 Å². The monoisotopic (exact) mass is 1320 g/mol. The predicted molar refractivity (Wildman–Crippen MR) is 387 cm³/mol. The Hall–Kier alpha value is -3.09. The zero-order valence-electron chi connectivity index (χ0n) is 59.4. The van der Waals surface area contributed by atoms with Gasteiger partial charge in [0.2, 0.25) is 5.91 Å². The third-order valence-corrected chi connectivity index (χ3v) is 18.2. The molecule has 2 fully saturated rings. The minimum Gasteiger partial charge on any atom is -0.394 e. The normalized spacial score (nSPS) is 23.0. The summed E-state index contributed by atoms with van der Waals surface area (Å²) < 4.78 is 22.9.